The van der Waals surface area contributed by atoms with Crippen LogP contribution in [0.4, 0.5) is 10.1 Å². The third kappa shape index (κ3) is 2.83. The van der Waals surface area contributed by atoms with Crippen molar-refractivity contribution < 1.29 is 9.18 Å². The SMILES string of the molecule is Cc1ccc(C)c(NC(=O)c2ccc(C#N)cc2F)c1. The number of rotatable bonds is 2. The molecule has 0 radical (unpaired) electrons. The number of aryl methyl sites for hydroxylation is 2. The third-order valence-electron chi connectivity index (χ3n) is 2.98. The fraction of sp³-hybridized carbons (Fsp3) is 0.125. The lowest BCUT2D eigenvalue weighted by molar-refractivity contribution is 0.102. The molecule has 4 heteroatoms. The molecule has 0 aliphatic heterocycles. The van der Waals surface area contributed by atoms with Crippen molar-refractivity contribution in [3.8, 4) is 6.07 Å². The topological polar surface area (TPSA) is 52.9 Å². The first-order valence-electron chi connectivity index (χ1n) is 6.09. The molecular weight excluding hydrogens is 255 g/mol. The molecular formula is C16H13FN2O. The van der Waals surface area contributed by atoms with E-state index < -0.39 is 11.7 Å². The largest absolute Gasteiger partial charge is 0.322 e. The van der Waals surface area contributed by atoms with Gasteiger partial charge in [-0.15, -0.1) is 0 Å². The quantitative estimate of drug-likeness (QED) is 0.905. The van der Waals surface area contributed by atoms with Crippen LogP contribution in [-0.4, -0.2) is 5.91 Å². The minimum atomic E-state index is -0.702. The molecule has 0 aliphatic carbocycles. The van der Waals surface area contributed by atoms with Gasteiger partial charge in [0, 0.05) is 5.69 Å². The number of benzene rings is 2. The van der Waals surface area contributed by atoms with Gasteiger partial charge in [0.15, 0.2) is 0 Å². The van der Waals surface area contributed by atoms with E-state index in [-0.39, 0.29) is 11.1 Å². The molecule has 2 rings (SSSR count). The van der Waals surface area contributed by atoms with Gasteiger partial charge < -0.3 is 5.32 Å². The Kier molecular flexibility index (Phi) is 3.81. The molecule has 1 N–H and O–H groups in total. The fourth-order valence-corrected chi connectivity index (χ4v) is 1.83. The molecule has 0 fully saturated rings. The summed E-state index contributed by atoms with van der Waals surface area (Å²) in [5.41, 5.74) is 2.67. The number of nitrogens with zero attached hydrogens (tertiary/aromatic N) is 1. The molecule has 1 amide bonds. The van der Waals surface area contributed by atoms with Crippen molar-refractivity contribution in [1.29, 1.82) is 5.26 Å². The van der Waals surface area contributed by atoms with E-state index in [9.17, 15) is 9.18 Å². The Morgan fingerprint density at radius 1 is 1.20 bits per heavy atom. The Morgan fingerprint density at radius 2 is 1.95 bits per heavy atom. The molecule has 0 unspecified atom stereocenters. The van der Waals surface area contributed by atoms with Gasteiger partial charge in [-0.2, -0.15) is 5.26 Å². The second kappa shape index (κ2) is 5.54. The normalized spacial score (nSPS) is 9.90. The highest BCUT2D eigenvalue weighted by molar-refractivity contribution is 6.04. The van der Waals surface area contributed by atoms with Gasteiger partial charge in [-0.05, 0) is 49.2 Å². The first-order chi connectivity index (χ1) is 9.51. The van der Waals surface area contributed by atoms with Crippen LogP contribution >= 0.6 is 0 Å². The van der Waals surface area contributed by atoms with Crippen LogP contribution in [0.5, 0.6) is 0 Å². The lowest BCUT2D eigenvalue weighted by atomic mass is 10.1. The van der Waals surface area contributed by atoms with E-state index in [0.717, 1.165) is 17.2 Å². The van der Waals surface area contributed by atoms with Gasteiger partial charge in [0.25, 0.3) is 5.91 Å². The third-order valence-corrected chi connectivity index (χ3v) is 2.98. The van der Waals surface area contributed by atoms with Gasteiger partial charge in [0.1, 0.15) is 5.82 Å². The summed E-state index contributed by atoms with van der Waals surface area (Å²) >= 11 is 0. The van der Waals surface area contributed by atoms with Crippen molar-refractivity contribution in [3.05, 3.63) is 64.5 Å². The number of hydrogen-bond donors (Lipinski definition) is 1. The summed E-state index contributed by atoms with van der Waals surface area (Å²) in [7, 11) is 0. The molecule has 0 aliphatic rings. The van der Waals surface area contributed by atoms with Gasteiger partial charge in [-0.3, -0.25) is 4.79 Å². The van der Waals surface area contributed by atoms with E-state index in [4.69, 9.17) is 5.26 Å². The van der Waals surface area contributed by atoms with Crippen LogP contribution < -0.4 is 5.32 Å². The van der Waals surface area contributed by atoms with Crippen LogP contribution in [0.25, 0.3) is 0 Å². The number of halogens is 1. The smallest absolute Gasteiger partial charge is 0.258 e. The van der Waals surface area contributed by atoms with Crippen LogP contribution in [0.1, 0.15) is 27.0 Å². The molecule has 0 aromatic heterocycles. The number of carbonyl (C=O) groups excluding carboxylic acids is 1. The zero-order valence-corrected chi connectivity index (χ0v) is 11.2. The first-order valence-corrected chi connectivity index (χ1v) is 6.09. The van der Waals surface area contributed by atoms with Crippen LogP contribution in [0.2, 0.25) is 0 Å². The molecule has 2 aromatic rings. The lowest BCUT2D eigenvalue weighted by Gasteiger charge is -2.10. The highest BCUT2D eigenvalue weighted by atomic mass is 19.1. The zero-order chi connectivity index (χ0) is 14.7. The summed E-state index contributed by atoms with van der Waals surface area (Å²) in [6, 6.07) is 11.3. The summed E-state index contributed by atoms with van der Waals surface area (Å²) in [6.45, 7) is 3.78. The minimum absolute atomic E-state index is 0.0788. The van der Waals surface area contributed by atoms with Crippen LogP contribution in [0.3, 0.4) is 0 Å². The minimum Gasteiger partial charge on any atom is -0.322 e. The average molecular weight is 268 g/mol. The number of anilines is 1. The standard InChI is InChI=1S/C16H13FN2O/c1-10-3-4-11(2)15(7-10)19-16(20)13-6-5-12(9-18)8-14(13)17/h3-8H,1-2H3,(H,19,20). The molecule has 20 heavy (non-hydrogen) atoms. The van der Waals surface area contributed by atoms with Gasteiger partial charge in [-0.1, -0.05) is 12.1 Å². The van der Waals surface area contributed by atoms with Crippen molar-refractivity contribution in [1.82, 2.24) is 0 Å². The Balaban J connectivity index is 2.29. The van der Waals surface area contributed by atoms with E-state index in [0.29, 0.717) is 5.69 Å². The van der Waals surface area contributed by atoms with Crippen LogP contribution in [-0.2, 0) is 0 Å². The van der Waals surface area contributed by atoms with Crippen molar-refractivity contribution in [2.45, 2.75) is 13.8 Å². The van der Waals surface area contributed by atoms with E-state index in [1.54, 1.807) is 0 Å². The number of nitriles is 1. The molecule has 3 nitrogen and oxygen atoms in total. The molecule has 2 aromatic carbocycles. The van der Waals surface area contributed by atoms with E-state index in [1.807, 2.05) is 38.1 Å². The predicted molar refractivity (Wildman–Crippen MR) is 75.0 cm³/mol. The molecule has 100 valence electrons. The Bertz CT molecular complexity index is 717. The van der Waals surface area contributed by atoms with Gasteiger partial charge in [-0.25, -0.2) is 4.39 Å². The first kappa shape index (κ1) is 13.8. The molecule has 0 spiro atoms. The summed E-state index contributed by atoms with van der Waals surface area (Å²) in [4.78, 5) is 12.1. The molecule has 0 atom stereocenters. The Morgan fingerprint density at radius 3 is 2.60 bits per heavy atom. The maximum Gasteiger partial charge on any atom is 0.258 e. The fourth-order valence-electron chi connectivity index (χ4n) is 1.83. The summed E-state index contributed by atoms with van der Waals surface area (Å²) in [5, 5.41) is 11.4. The monoisotopic (exact) mass is 268 g/mol. The summed E-state index contributed by atoms with van der Waals surface area (Å²) < 4.78 is 13.8. The van der Waals surface area contributed by atoms with Gasteiger partial charge in [0.2, 0.25) is 0 Å². The Labute approximate surface area is 116 Å². The average Bonchev–Trinajstić information content (AvgIpc) is 2.42. The molecule has 0 saturated heterocycles. The van der Waals surface area contributed by atoms with Crippen molar-refractivity contribution in [3.63, 3.8) is 0 Å². The number of nitrogens with one attached hydrogen (secondary N) is 1. The number of amides is 1. The van der Waals surface area contributed by atoms with Crippen molar-refractivity contribution in [2.75, 3.05) is 5.32 Å². The molecule has 0 saturated carbocycles. The predicted octanol–water partition coefficient (Wildman–Crippen LogP) is 3.57. The van der Waals surface area contributed by atoms with Gasteiger partial charge in [0.05, 0.1) is 17.2 Å². The lowest BCUT2D eigenvalue weighted by Crippen LogP contribution is -2.14. The molecule has 0 bridgehead atoms. The second-order valence-corrected chi connectivity index (χ2v) is 4.58. The maximum atomic E-state index is 13.8. The van der Waals surface area contributed by atoms with Crippen LogP contribution in [0, 0.1) is 31.0 Å². The summed E-state index contributed by atoms with van der Waals surface area (Å²) in [5.74, 6) is -1.23. The summed E-state index contributed by atoms with van der Waals surface area (Å²) in [6.07, 6.45) is 0. The van der Waals surface area contributed by atoms with E-state index in [2.05, 4.69) is 5.32 Å². The highest BCUT2D eigenvalue weighted by Gasteiger charge is 2.13. The molecule has 0 heterocycles. The van der Waals surface area contributed by atoms with E-state index >= 15 is 0 Å². The zero-order valence-electron chi connectivity index (χ0n) is 11.2. The van der Waals surface area contributed by atoms with Crippen molar-refractivity contribution in [2.24, 2.45) is 0 Å². The number of carbonyl (C=O) groups is 1. The van der Waals surface area contributed by atoms with Crippen molar-refractivity contribution >= 4 is 11.6 Å². The van der Waals surface area contributed by atoms with Crippen LogP contribution in [0.15, 0.2) is 36.4 Å². The number of hydrogen-bond acceptors (Lipinski definition) is 2. The van der Waals surface area contributed by atoms with E-state index in [1.165, 1.54) is 12.1 Å². The second-order valence-electron chi connectivity index (χ2n) is 4.58. The maximum absolute atomic E-state index is 13.8. The Hall–Kier alpha value is -2.67. The highest BCUT2D eigenvalue weighted by Crippen LogP contribution is 2.18. The van der Waals surface area contributed by atoms with Gasteiger partial charge >= 0.3 is 0 Å².